The number of rotatable bonds is 5. The number of nitrogens with one attached hydrogen (secondary N) is 1. The molecule has 0 aliphatic carbocycles. The monoisotopic (exact) mass is 413 g/mol. The maximum atomic E-state index is 12.0. The van der Waals surface area contributed by atoms with Crippen LogP contribution in [-0.2, 0) is 11.8 Å². The van der Waals surface area contributed by atoms with E-state index in [0.717, 1.165) is 32.1 Å². The lowest BCUT2D eigenvalue weighted by Gasteiger charge is -2.11. The largest absolute Gasteiger partial charge is 0.482 e. The highest BCUT2D eigenvalue weighted by molar-refractivity contribution is 9.10. The summed E-state index contributed by atoms with van der Waals surface area (Å²) in [6.45, 7) is 3.86. The van der Waals surface area contributed by atoms with E-state index in [-0.39, 0.29) is 12.5 Å². The Morgan fingerprint density at radius 1 is 1.31 bits per heavy atom. The number of hydrogen-bond acceptors (Lipinski definition) is 3. The number of halogens is 1. The smallest absolute Gasteiger partial charge is 0.277 e. The molecule has 1 aromatic heterocycles. The van der Waals surface area contributed by atoms with Crippen molar-refractivity contribution in [3.63, 3.8) is 0 Å². The van der Waals surface area contributed by atoms with Crippen molar-refractivity contribution < 1.29 is 9.53 Å². The highest BCUT2D eigenvalue weighted by Gasteiger charge is 2.09. The van der Waals surface area contributed by atoms with Gasteiger partial charge in [0.2, 0.25) is 0 Å². The third-order valence-electron chi connectivity index (χ3n) is 4.04. The van der Waals surface area contributed by atoms with Crippen LogP contribution in [0.15, 0.2) is 52.2 Å². The normalized spacial score (nSPS) is 11.2. The van der Waals surface area contributed by atoms with Crippen molar-refractivity contribution in [1.82, 2.24) is 9.99 Å². The summed E-state index contributed by atoms with van der Waals surface area (Å²) in [6, 6.07) is 12.0. The average molecular weight is 414 g/mol. The van der Waals surface area contributed by atoms with E-state index in [4.69, 9.17) is 4.74 Å². The maximum absolute atomic E-state index is 12.0. The standard InChI is InChI=1S/C20H20BrN3O2/c1-13-8-14(2)20(17(21)9-13)26-12-19(25)23-22-10-15-11-24(3)18-7-5-4-6-16(15)18/h4-11H,12H2,1-3H3,(H,23,25)/b22-10+. The van der Waals surface area contributed by atoms with Crippen molar-refractivity contribution in [2.75, 3.05) is 6.61 Å². The quantitative estimate of drug-likeness (QED) is 0.505. The topological polar surface area (TPSA) is 55.6 Å². The third-order valence-corrected chi connectivity index (χ3v) is 4.63. The zero-order chi connectivity index (χ0) is 18.7. The molecule has 3 rings (SSSR count). The summed E-state index contributed by atoms with van der Waals surface area (Å²) in [5.41, 5.74) is 6.67. The maximum Gasteiger partial charge on any atom is 0.277 e. The minimum Gasteiger partial charge on any atom is -0.482 e. The summed E-state index contributed by atoms with van der Waals surface area (Å²) < 4.78 is 8.49. The van der Waals surface area contributed by atoms with Crippen molar-refractivity contribution in [1.29, 1.82) is 0 Å². The molecule has 0 spiro atoms. The zero-order valence-corrected chi connectivity index (χ0v) is 16.5. The van der Waals surface area contributed by atoms with E-state index in [1.807, 2.05) is 68.1 Å². The first-order chi connectivity index (χ1) is 12.5. The highest BCUT2D eigenvalue weighted by atomic mass is 79.9. The molecule has 0 aliphatic rings. The molecule has 6 heteroatoms. The van der Waals surface area contributed by atoms with Gasteiger partial charge in [-0.1, -0.05) is 24.3 Å². The molecule has 5 nitrogen and oxygen atoms in total. The van der Waals surface area contributed by atoms with Crippen LogP contribution < -0.4 is 10.2 Å². The summed E-state index contributed by atoms with van der Waals surface area (Å²) in [5, 5.41) is 5.13. The van der Waals surface area contributed by atoms with Gasteiger partial charge in [0.15, 0.2) is 6.61 Å². The molecule has 1 N–H and O–H groups in total. The summed E-state index contributed by atoms with van der Waals surface area (Å²) in [6.07, 6.45) is 3.62. The van der Waals surface area contributed by atoms with Gasteiger partial charge in [0.1, 0.15) is 5.75 Å². The molecular formula is C20H20BrN3O2. The average Bonchev–Trinajstić information content (AvgIpc) is 2.90. The van der Waals surface area contributed by atoms with E-state index >= 15 is 0 Å². The number of fused-ring (bicyclic) bond motifs is 1. The number of amides is 1. The molecular weight excluding hydrogens is 394 g/mol. The van der Waals surface area contributed by atoms with Gasteiger partial charge in [-0.05, 0) is 53.0 Å². The second kappa shape index (κ2) is 7.74. The first kappa shape index (κ1) is 18.2. The van der Waals surface area contributed by atoms with E-state index in [9.17, 15) is 4.79 Å². The van der Waals surface area contributed by atoms with E-state index in [0.29, 0.717) is 5.75 Å². The molecule has 0 saturated carbocycles. The van der Waals surface area contributed by atoms with Crippen LogP contribution in [0.2, 0.25) is 0 Å². The fraction of sp³-hybridized carbons (Fsp3) is 0.200. The van der Waals surface area contributed by atoms with Crippen LogP contribution in [0, 0.1) is 13.8 Å². The lowest BCUT2D eigenvalue weighted by molar-refractivity contribution is -0.123. The van der Waals surface area contributed by atoms with Crippen LogP contribution in [-0.4, -0.2) is 23.3 Å². The molecule has 134 valence electrons. The second-order valence-electron chi connectivity index (χ2n) is 6.19. The van der Waals surface area contributed by atoms with E-state index in [1.165, 1.54) is 0 Å². The number of aryl methyl sites for hydroxylation is 3. The lowest BCUT2D eigenvalue weighted by Crippen LogP contribution is -2.24. The first-order valence-corrected chi connectivity index (χ1v) is 9.00. The molecule has 0 aliphatic heterocycles. The number of benzene rings is 2. The minimum atomic E-state index is -0.312. The Morgan fingerprint density at radius 3 is 2.85 bits per heavy atom. The number of hydrazone groups is 1. The molecule has 1 heterocycles. The fourth-order valence-corrected chi connectivity index (χ4v) is 3.69. The number of nitrogens with zero attached hydrogens (tertiary/aromatic N) is 2. The van der Waals surface area contributed by atoms with Gasteiger partial charge < -0.3 is 9.30 Å². The summed E-state index contributed by atoms with van der Waals surface area (Å²) in [5.74, 6) is 0.358. The van der Waals surface area contributed by atoms with Gasteiger partial charge in [0.25, 0.3) is 5.91 Å². The number of ether oxygens (including phenoxy) is 1. The Hall–Kier alpha value is -2.60. The van der Waals surface area contributed by atoms with Crippen LogP contribution >= 0.6 is 15.9 Å². The van der Waals surface area contributed by atoms with Crippen molar-refractivity contribution in [3.8, 4) is 5.75 Å². The number of carbonyl (C=O) groups excluding carboxylic acids is 1. The first-order valence-electron chi connectivity index (χ1n) is 8.21. The van der Waals surface area contributed by atoms with Crippen molar-refractivity contribution in [2.45, 2.75) is 13.8 Å². The van der Waals surface area contributed by atoms with Gasteiger partial charge in [0.05, 0.1) is 10.7 Å². The van der Waals surface area contributed by atoms with Crippen molar-refractivity contribution in [2.24, 2.45) is 12.1 Å². The van der Waals surface area contributed by atoms with Gasteiger partial charge in [-0.2, -0.15) is 5.10 Å². The Balaban J connectivity index is 1.61. The van der Waals surface area contributed by atoms with Crippen LogP contribution in [0.5, 0.6) is 5.75 Å². The summed E-state index contributed by atoms with van der Waals surface area (Å²) in [7, 11) is 1.98. The molecule has 26 heavy (non-hydrogen) atoms. The van der Waals surface area contributed by atoms with Gasteiger partial charge in [-0.25, -0.2) is 5.43 Å². The Morgan fingerprint density at radius 2 is 2.08 bits per heavy atom. The predicted molar refractivity (Wildman–Crippen MR) is 108 cm³/mol. The third kappa shape index (κ3) is 3.96. The van der Waals surface area contributed by atoms with Crippen molar-refractivity contribution in [3.05, 3.63) is 63.8 Å². The van der Waals surface area contributed by atoms with Crippen LogP contribution in [0.1, 0.15) is 16.7 Å². The van der Waals surface area contributed by atoms with E-state index in [2.05, 4.69) is 26.5 Å². The molecule has 0 saturated heterocycles. The molecule has 0 radical (unpaired) electrons. The molecule has 0 atom stereocenters. The van der Waals surface area contributed by atoms with Crippen LogP contribution in [0.25, 0.3) is 10.9 Å². The molecule has 0 bridgehead atoms. The van der Waals surface area contributed by atoms with Gasteiger partial charge >= 0.3 is 0 Å². The number of aromatic nitrogens is 1. The SMILES string of the molecule is Cc1cc(C)c(OCC(=O)N/N=C/c2cn(C)c3ccccc23)c(Br)c1. The number of carbonyl (C=O) groups is 1. The van der Waals surface area contributed by atoms with Crippen LogP contribution in [0.3, 0.4) is 0 Å². The lowest BCUT2D eigenvalue weighted by atomic mass is 10.1. The Labute approximate surface area is 160 Å². The predicted octanol–water partition coefficient (Wildman–Crippen LogP) is 4.09. The zero-order valence-electron chi connectivity index (χ0n) is 14.9. The summed E-state index contributed by atoms with van der Waals surface area (Å²) in [4.78, 5) is 12.0. The summed E-state index contributed by atoms with van der Waals surface area (Å²) >= 11 is 3.47. The minimum absolute atomic E-state index is 0.102. The molecule has 0 unspecified atom stereocenters. The van der Waals surface area contributed by atoms with Crippen LogP contribution in [0.4, 0.5) is 0 Å². The van der Waals surface area contributed by atoms with Gasteiger partial charge in [0, 0.05) is 29.7 Å². The van der Waals surface area contributed by atoms with Crippen molar-refractivity contribution >= 4 is 39.0 Å². The van der Waals surface area contributed by atoms with Gasteiger partial charge in [-0.15, -0.1) is 0 Å². The van der Waals surface area contributed by atoms with E-state index < -0.39 is 0 Å². The van der Waals surface area contributed by atoms with Gasteiger partial charge in [-0.3, -0.25) is 4.79 Å². The Kier molecular flexibility index (Phi) is 5.42. The molecule has 3 aromatic rings. The number of para-hydroxylation sites is 1. The molecule has 1 amide bonds. The fourth-order valence-electron chi connectivity index (χ4n) is 2.90. The Bertz CT molecular complexity index is 969. The second-order valence-corrected chi connectivity index (χ2v) is 7.04. The van der Waals surface area contributed by atoms with E-state index in [1.54, 1.807) is 6.21 Å². The molecule has 0 fully saturated rings. The highest BCUT2D eigenvalue weighted by Crippen LogP contribution is 2.30. The molecule has 2 aromatic carbocycles. The number of hydrogen-bond donors (Lipinski definition) is 1.